The summed E-state index contributed by atoms with van der Waals surface area (Å²) in [6.45, 7) is 0.965. The molecule has 1 aliphatic rings. The van der Waals surface area contributed by atoms with Crippen molar-refractivity contribution in [2.45, 2.75) is 37.8 Å². The molecule has 0 bridgehead atoms. The van der Waals surface area contributed by atoms with Crippen LogP contribution in [0, 0.1) is 0 Å². The van der Waals surface area contributed by atoms with Crippen LogP contribution in [0.2, 0.25) is 8.67 Å². The molecule has 0 saturated heterocycles. The van der Waals surface area contributed by atoms with Crippen molar-refractivity contribution in [2.24, 2.45) is 5.73 Å². The maximum atomic E-state index is 11.9. The molecule has 1 aliphatic carbocycles. The number of hydrogen-bond donors (Lipinski definition) is 2. The van der Waals surface area contributed by atoms with Crippen molar-refractivity contribution >= 4 is 40.4 Å². The molecule has 0 spiro atoms. The van der Waals surface area contributed by atoms with Crippen LogP contribution in [0.5, 0.6) is 0 Å². The number of thiophene rings is 1. The number of hydrogen-bond acceptors (Lipinski definition) is 4. The van der Waals surface area contributed by atoms with Gasteiger partial charge in [-0.3, -0.25) is 4.79 Å². The molecular formula is C13H18Cl2N2O2S. The topological polar surface area (TPSA) is 64.3 Å². The molecule has 0 radical (unpaired) electrons. The Hall–Kier alpha value is -0.330. The zero-order valence-corrected chi connectivity index (χ0v) is 13.4. The minimum atomic E-state index is -0.215. The van der Waals surface area contributed by atoms with Gasteiger partial charge in [0.25, 0.3) is 5.91 Å². The molecule has 1 aromatic rings. The van der Waals surface area contributed by atoms with Crippen molar-refractivity contribution < 1.29 is 9.53 Å². The van der Waals surface area contributed by atoms with Crippen LogP contribution >= 0.6 is 34.5 Å². The summed E-state index contributed by atoms with van der Waals surface area (Å²) in [5.41, 5.74) is 6.26. The third kappa shape index (κ3) is 4.60. The second-order valence-corrected chi connectivity index (χ2v) is 7.19. The normalized spacial score (nSPS) is 22.8. The molecule has 1 aromatic heterocycles. The minimum Gasteiger partial charge on any atom is -0.376 e. The lowest BCUT2D eigenvalue weighted by atomic mass is 9.94. The lowest BCUT2D eigenvalue weighted by Gasteiger charge is -2.26. The number of amides is 1. The van der Waals surface area contributed by atoms with Crippen LogP contribution in [0.15, 0.2) is 6.07 Å². The highest BCUT2D eigenvalue weighted by molar-refractivity contribution is 7.20. The fourth-order valence-electron chi connectivity index (χ4n) is 2.24. The molecule has 20 heavy (non-hydrogen) atoms. The van der Waals surface area contributed by atoms with E-state index in [0.29, 0.717) is 33.4 Å². The van der Waals surface area contributed by atoms with Gasteiger partial charge in [-0.1, -0.05) is 23.2 Å². The molecule has 0 aromatic carbocycles. The first kappa shape index (κ1) is 16.0. The SMILES string of the molecule is NC1CCC(OCCNC(=O)c2cc(Cl)sc2Cl)CC1. The average Bonchev–Trinajstić information content (AvgIpc) is 2.75. The molecule has 2 rings (SSSR count). The van der Waals surface area contributed by atoms with Crippen LogP contribution in [0.25, 0.3) is 0 Å². The van der Waals surface area contributed by atoms with Crippen LogP contribution in [0.1, 0.15) is 36.0 Å². The Bertz CT molecular complexity index is 459. The standard InChI is InChI=1S/C13H18Cl2N2O2S/c14-11-7-10(12(15)20-11)13(18)17-5-6-19-9-3-1-8(16)2-4-9/h7-9H,1-6,16H2,(H,17,18). The van der Waals surface area contributed by atoms with E-state index in [0.717, 1.165) is 25.7 Å². The summed E-state index contributed by atoms with van der Waals surface area (Å²) in [6.07, 6.45) is 4.30. The van der Waals surface area contributed by atoms with Crippen molar-refractivity contribution in [1.29, 1.82) is 0 Å². The summed E-state index contributed by atoms with van der Waals surface area (Å²) in [5, 5.41) is 2.78. The van der Waals surface area contributed by atoms with Crippen LogP contribution < -0.4 is 11.1 Å². The fraction of sp³-hybridized carbons (Fsp3) is 0.615. The summed E-state index contributed by atoms with van der Waals surface area (Å²) in [7, 11) is 0. The van der Waals surface area contributed by atoms with Gasteiger partial charge >= 0.3 is 0 Å². The van der Waals surface area contributed by atoms with E-state index in [1.54, 1.807) is 6.07 Å². The van der Waals surface area contributed by atoms with E-state index in [2.05, 4.69) is 5.32 Å². The van der Waals surface area contributed by atoms with Gasteiger partial charge in [-0.25, -0.2) is 0 Å². The summed E-state index contributed by atoms with van der Waals surface area (Å²) in [6, 6.07) is 1.90. The Labute approximate surface area is 132 Å². The van der Waals surface area contributed by atoms with Gasteiger partial charge in [0.2, 0.25) is 0 Å². The van der Waals surface area contributed by atoms with Gasteiger partial charge in [0.15, 0.2) is 0 Å². The molecule has 1 saturated carbocycles. The highest BCUT2D eigenvalue weighted by Gasteiger charge is 2.19. The quantitative estimate of drug-likeness (QED) is 0.812. The van der Waals surface area contributed by atoms with Gasteiger partial charge in [0.05, 0.1) is 22.6 Å². The van der Waals surface area contributed by atoms with E-state index < -0.39 is 0 Å². The third-order valence-corrected chi connectivity index (χ3v) is 4.85. The van der Waals surface area contributed by atoms with E-state index in [1.807, 2.05) is 0 Å². The maximum absolute atomic E-state index is 11.9. The van der Waals surface area contributed by atoms with E-state index in [4.69, 9.17) is 33.7 Å². The minimum absolute atomic E-state index is 0.215. The Balaban J connectivity index is 1.66. The highest BCUT2D eigenvalue weighted by Crippen LogP contribution is 2.30. The molecule has 1 amide bonds. The van der Waals surface area contributed by atoms with Gasteiger partial charge in [-0.2, -0.15) is 0 Å². The Morgan fingerprint density at radius 1 is 1.40 bits per heavy atom. The number of nitrogens with one attached hydrogen (secondary N) is 1. The monoisotopic (exact) mass is 336 g/mol. The zero-order valence-electron chi connectivity index (χ0n) is 11.0. The summed E-state index contributed by atoms with van der Waals surface area (Å²) >= 11 is 12.9. The van der Waals surface area contributed by atoms with Crippen molar-refractivity contribution in [3.63, 3.8) is 0 Å². The number of halogens is 2. The Morgan fingerprint density at radius 2 is 2.10 bits per heavy atom. The fourth-order valence-corrected chi connectivity index (χ4v) is 3.69. The predicted octanol–water partition coefficient (Wildman–Crippen LogP) is 3.07. The summed E-state index contributed by atoms with van der Waals surface area (Å²) in [4.78, 5) is 11.9. The number of ether oxygens (including phenoxy) is 1. The molecule has 0 unspecified atom stereocenters. The van der Waals surface area contributed by atoms with Crippen LogP contribution in [0.4, 0.5) is 0 Å². The van der Waals surface area contributed by atoms with Crippen molar-refractivity contribution in [2.75, 3.05) is 13.2 Å². The molecule has 0 aliphatic heterocycles. The number of nitrogens with two attached hydrogens (primary N) is 1. The molecule has 4 nitrogen and oxygen atoms in total. The third-order valence-electron chi connectivity index (χ3n) is 3.36. The van der Waals surface area contributed by atoms with Crippen molar-refractivity contribution in [1.82, 2.24) is 5.32 Å². The van der Waals surface area contributed by atoms with E-state index in [9.17, 15) is 4.79 Å². The van der Waals surface area contributed by atoms with Gasteiger partial charge < -0.3 is 15.8 Å². The molecule has 1 fully saturated rings. The largest absolute Gasteiger partial charge is 0.376 e. The molecular weight excluding hydrogens is 319 g/mol. The second-order valence-electron chi connectivity index (χ2n) is 4.90. The molecule has 1 heterocycles. The lowest BCUT2D eigenvalue weighted by molar-refractivity contribution is 0.0268. The lowest BCUT2D eigenvalue weighted by Crippen LogP contribution is -2.33. The highest BCUT2D eigenvalue weighted by atomic mass is 35.5. The maximum Gasteiger partial charge on any atom is 0.253 e. The number of carbonyl (C=O) groups excluding carboxylic acids is 1. The van der Waals surface area contributed by atoms with Gasteiger partial charge in [-0.15, -0.1) is 11.3 Å². The number of carbonyl (C=O) groups is 1. The summed E-state index contributed by atoms with van der Waals surface area (Å²) < 4.78 is 6.65. The molecule has 0 atom stereocenters. The van der Waals surface area contributed by atoms with Crippen molar-refractivity contribution in [3.05, 3.63) is 20.3 Å². The smallest absolute Gasteiger partial charge is 0.253 e. The second kappa shape index (κ2) is 7.61. The van der Waals surface area contributed by atoms with Gasteiger partial charge in [0.1, 0.15) is 4.34 Å². The van der Waals surface area contributed by atoms with E-state index >= 15 is 0 Å². The first-order chi connectivity index (χ1) is 9.56. The molecule has 3 N–H and O–H groups in total. The molecule has 7 heteroatoms. The van der Waals surface area contributed by atoms with Crippen molar-refractivity contribution in [3.8, 4) is 0 Å². The molecule has 112 valence electrons. The van der Waals surface area contributed by atoms with Crippen LogP contribution in [-0.2, 0) is 4.74 Å². The Kier molecular flexibility index (Phi) is 6.11. The van der Waals surface area contributed by atoms with Gasteiger partial charge in [0, 0.05) is 12.6 Å². The first-order valence-corrected chi connectivity index (χ1v) is 8.23. The predicted molar refractivity (Wildman–Crippen MR) is 82.9 cm³/mol. The van der Waals surface area contributed by atoms with Gasteiger partial charge in [-0.05, 0) is 31.7 Å². The first-order valence-electron chi connectivity index (χ1n) is 6.66. The van der Waals surface area contributed by atoms with E-state index in [-0.39, 0.29) is 12.0 Å². The zero-order chi connectivity index (χ0) is 14.5. The number of rotatable bonds is 5. The Morgan fingerprint density at radius 3 is 2.70 bits per heavy atom. The average molecular weight is 337 g/mol. The van der Waals surface area contributed by atoms with E-state index in [1.165, 1.54) is 11.3 Å². The summed E-state index contributed by atoms with van der Waals surface area (Å²) in [5.74, 6) is -0.215. The van der Waals surface area contributed by atoms with Crippen LogP contribution in [0.3, 0.4) is 0 Å². The van der Waals surface area contributed by atoms with Crippen LogP contribution in [-0.4, -0.2) is 31.2 Å².